The predicted octanol–water partition coefficient (Wildman–Crippen LogP) is 4.33. The highest BCUT2D eigenvalue weighted by Gasteiger charge is 2.13. The van der Waals surface area contributed by atoms with Crippen LogP contribution in [0.15, 0.2) is 15.0 Å². The van der Waals surface area contributed by atoms with Crippen molar-refractivity contribution in [2.45, 2.75) is 33.6 Å². The van der Waals surface area contributed by atoms with Crippen molar-refractivity contribution in [1.29, 1.82) is 0 Å². The van der Waals surface area contributed by atoms with E-state index in [1.54, 1.807) is 0 Å². The van der Waals surface area contributed by atoms with Crippen molar-refractivity contribution in [3.8, 4) is 0 Å². The largest absolute Gasteiger partial charge is 0.440 e. The van der Waals surface area contributed by atoms with Gasteiger partial charge in [-0.2, -0.15) is 0 Å². The molecule has 3 heteroatoms. The fourth-order valence-corrected chi connectivity index (χ4v) is 2.05. The van der Waals surface area contributed by atoms with E-state index in [0.29, 0.717) is 5.92 Å². The molecule has 0 aliphatic carbocycles. The second-order valence-corrected chi connectivity index (χ2v) is 5.02. The van der Waals surface area contributed by atoms with Crippen LogP contribution in [0.3, 0.4) is 0 Å². The molecule has 0 saturated heterocycles. The molecule has 0 spiro atoms. The lowest BCUT2D eigenvalue weighted by Crippen LogP contribution is -1.84. The highest BCUT2D eigenvalue weighted by atomic mass is 79.9. The molecule has 0 N–H and O–H groups in total. The van der Waals surface area contributed by atoms with Gasteiger partial charge in [-0.3, -0.25) is 0 Å². The van der Waals surface area contributed by atoms with Crippen LogP contribution < -0.4 is 0 Å². The molecule has 2 rings (SSSR count). The number of fused-ring (bicyclic) bond motifs is 1. The molecule has 2 nitrogen and oxygen atoms in total. The molecule has 2 aromatic rings. The van der Waals surface area contributed by atoms with Gasteiger partial charge in [0.15, 0.2) is 11.5 Å². The minimum absolute atomic E-state index is 0.330. The number of hydrogen-bond donors (Lipinski definition) is 0. The Morgan fingerprint density at radius 1 is 1.27 bits per heavy atom. The predicted molar refractivity (Wildman–Crippen MR) is 65.3 cm³/mol. The molecule has 15 heavy (non-hydrogen) atoms. The zero-order valence-electron chi connectivity index (χ0n) is 9.39. The van der Waals surface area contributed by atoms with Crippen LogP contribution in [0.1, 0.15) is 36.8 Å². The first kappa shape index (κ1) is 10.7. The van der Waals surface area contributed by atoms with Crippen LogP contribution in [0.2, 0.25) is 0 Å². The van der Waals surface area contributed by atoms with Crippen LogP contribution in [-0.4, -0.2) is 4.98 Å². The van der Waals surface area contributed by atoms with Gasteiger partial charge in [0.1, 0.15) is 5.52 Å². The summed E-state index contributed by atoms with van der Waals surface area (Å²) in [5.41, 5.74) is 4.24. The molecule has 0 aliphatic rings. The maximum Gasteiger partial charge on any atom is 0.198 e. The van der Waals surface area contributed by atoms with Gasteiger partial charge < -0.3 is 4.42 Å². The van der Waals surface area contributed by atoms with E-state index in [1.165, 1.54) is 11.1 Å². The van der Waals surface area contributed by atoms with E-state index in [0.717, 1.165) is 21.5 Å². The van der Waals surface area contributed by atoms with Crippen LogP contribution >= 0.6 is 15.9 Å². The molecule has 0 unspecified atom stereocenters. The van der Waals surface area contributed by atoms with Gasteiger partial charge in [0, 0.05) is 10.4 Å². The van der Waals surface area contributed by atoms with Gasteiger partial charge in [-0.15, -0.1) is 0 Å². The Morgan fingerprint density at radius 2 is 1.93 bits per heavy atom. The van der Waals surface area contributed by atoms with Crippen molar-refractivity contribution in [2.24, 2.45) is 0 Å². The molecule has 1 aromatic heterocycles. The quantitative estimate of drug-likeness (QED) is 0.769. The Labute approximate surface area is 97.8 Å². The Bertz CT molecular complexity index is 514. The van der Waals surface area contributed by atoms with E-state index >= 15 is 0 Å². The number of rotatable bonds is 1. The molecule has 0 radical (unpaired) electrons. The van der Waals surface area contributed by atoms with Gasteiger partial charge in [-0.1, -0.05) is 29.8 Å². The fraction of sp³-hybridized carbons (Fsp3) is 0.417. The van der Waals surface area contributed by atoms with Crippen LogP contribution in [-0.2, 0) is 0 Å². The molecule has 80 valence electrons. The van der Waals surface area contributed by atoms with Crippen LogP contribution in [0, 0.1) is 13.8 Å². The maximum atomic E-state index is 5.76. The monoisotopic (exact) mass is 267 g/mol. The van der Waals surface area contributed by atoms with Crippen molar-refractivity contribution in [2.75, 3.05) is 0 Å². The average Bonchev–Trinajstić information content (AvgIpc) is 2.58. The van der Waals surface area contributed by atoms with Crippen molar-refractivity contribution >= 4 is 27.0 Å². The fourth-order valence-electron chi connectivity index (χ4n) is 1.54. The van der Waals surface area contributed by atoms with Crippen molar-refractivity contribution in [1.82, 2.24) is 4.98 Å². The standard InChI is InChI=1S/C12H14BrNO/c1-6(2)12-14-10-5-9(13)7(3)8(4)11(10)15-12/h5-6H,1-4H3. The molecular formula is C12H14BrNO. The number of aromatic nitrogens is 1. The summed E-state index contributed by atoms with van der Waals surface area (Å²) in [6.07, 6.45) is 0. The summed E-state index contributed by atoms with van der Waals surface area (Å²) < 4.78 is 6.86. The van der Waals surface area contributed by atoms with Gasteiger partial charge >= 0.3 is 0 Å². The Morgan fingerprint density at radius 3 is 2.53 bits per heavy atom. The van der Waals surface area contributed by atoms with E-state index in [2.05, 4.69) is 48.6 Å². The lowest BCUT2D eigenvalue weighted by Gasteiger charge is -2.01. The second kappa shape index (κ2) is 3.63. The third-order valence-electron chi connectivity index (χ3n) is 2.69. The van der Waals surface area contributed by atoms with Crippen LogP contribution in [0.5, 0.6) is 0 Å². The first-order valence-corrected chi connectivity index (χ1v) is 5.86. The summed E-state index contributed by atoms with van der Waals surface area (Å²) >= 11 is 3.53. The number of hydrogen-bond acceptors (Lipinski definition) is 2. The minimum atomic E-state index is 0.330. The number of aryl methyl sites for hydroxylation is 1. The maximum absolute atomic E-state index is 5.76. The molecule has 0 aliphatic heterocycles. The number of halogens is 1. The Hall–Kier alpha value is -0.830. The highest BCUT2D eigenvalue weighted by Crippen LogP contribution is 2.30. The lowest BCUT2D eigenvalue weighted by atomic mass is 10.1. The molecular weight excluding hydrogens is 254 g/mol. The van der Waals surface area contributed by atoms with Gasteiger partial charge in [-0.05, 0) is 31.0 Å². The van der Waals surface area contributed by atoms with E-state index in [-0.39, 0.29) is 0 Å². The van der Waals surface area contributed by atoms with E-state index < -0.39 is 0 Å². The molecule has 0 amide bonds. The van der Waals surface area contributed by atoms with Gasteiger partial charge in [0.25, 0.3) is 0 Å². The summed E-state index contributed by atoms with van der Waals surface area (Å²) in [6, 6.07) is 2.02. The van der Waals surface area contributed by atoms with Gasteiger partial charge in [0.2, 0.25) is 0 Å². The topological polar surface area (TPSA) is 26.0 Å². The molecule has 0 bridgehead atoms. The highest BCUT2D eigenvalue weighted by molar-refractivity contribution is 9.10. The number of oxazole rings is 1. The normalized spacial score (nSPS) is 11.6. The zero-order chi connectivity index (χ0) is 11.2. The summed E-state index contributed by atoms with van der Waals surface area (Å²) in [7, 11) is 0. The second-order valence-electron chi connectivity index (χ2n) is 4.16. The SMILES string of the molecule is Cc1c(Br)cc2nc(C(C)C)oc2c1C. The smallest absolute Gasteiger partial charge is 0.198 e. The van der Waals surface area contributed by atoms with Gasteiger partial charge in [-0.25, -0.2) is 4.98 Å². The van der Waals surface area contributed by atoms with Crippen molar-refractivity contribution in [3.63, 3.8) is 0 Å². The third kappa shape index (κ3) is 1.69. The van der Waals surface area contributed by atoms with E-state index in [4.69, 9.17) is 4.42 Å². The molecule has 0 saturated carbocycles. The first-order valence-electron chi connectivity index (χ1n) is 5.07. The minimum Gasteiger partial charge on any atom is -0.440 e. The van der Waals surface area contributed by atoms with E-state index in [9.17, 15) is 0 Å². The number of nitrogens with zero attached hydrogens (tertiary/aromatic N) is 1. The summed E-state index contributed by atoms with van der Waals surface area (Å²) in [6.45, 7) is 8.32. The Balaban J connectivity index is 2.76. The molecule has 1 aromatic carbocycles. The third-order valence-corrected chi connectivity index (χ3v) is 3.51. The lowest BCUT2D eigenvalue weighted by molar-refractivity contribution is 0.500. The van der Waals surface area contributed by atoms with E-state index in [1.807, 2.05) is 6.07 Å². The first-order chi connectivity index (χ1) is 7.00. The Kier molecular flexibility index (Phi) is 2.59. The summed E-state index contributed by atoms with van der Waals surface area (Å²) in [4.78, 5) is 4.48. The van der Waals surface area contributed by atoms with Gasteiger partial charge in [0.05, 0.1) is 0 Å². The molecule has 0 fully saturated rings. The molecule has 0 atom stereocenters. The summed E-state index contributed by atoms with van der Waals surface area (Å²) in [5, 5.41) is 0. The van der Waals surface area contributed by atoms with Crippen molar-refractivity contribution in [3.05, 3.63) is 27.6 Å². The van der Waals surface area contributed by atoms with Crippen LogP contribution in [0.25, 0.3) is 11.1 Å². The van der Waals surface area contributed by atoms with Crippen LogP contribution in [0.4, 0.5) is 0 Å². The molecule has 1 heterocycles. The zero-order valence-corrected chi connectivity index (χ0v) is 11.0. The summed E-state index contributed by atoms with van der Waals surface area (Å²) in [5.74, 6) is 1.14. The van der Waals surface area contributed by atoms with Crippen molar-refractivity contribution < 1.29 is 4.42 Å². The number of benzene rings is 1. The average molecular weight is 268 g/mol.